The molecule has 6 bridgehead atoms. The summed E-state index contributed by atoms with van der Waals surface area (Å²) in [6, 6.07) is 34.5. The average molecular weight is 1520 g/mol. The SMILES string of the molecule is CC1(C)OB(c2ccc3c(c2)C(=O)Nc2cccc(n2)-c2nncn2CCCOC3)OC1(C)C.Fc1cc(Br)cnc1F.O=C1Nc2cccc(n2)-c2nncn2CCCOCc2ccc(-c3cnc(F)c(F)c3)cc21.O=C1Nc2cccc(n2)-c2nncn2CCCOCc2ccc(Br)cc21. The van der Waals surface area contributed by atoms with Crippen molar-refractivity contribution >= 4 is 79.6 Å². The van der Waals surface area contributed by atoms with Gasteiger partial charge in [0.25, 0.3) is 17.7 Å². The number of aryl methyl sites for hydroxylation is 3. The van der Waals surface area contributed by atoms with E-state index < -0.39 is 47.8 Å². The van der Waals surface area contributed by atoms with E-state index in [1.54, 1.807) is 73.6 Å². The maximum absolute atomic E-state index is 13.7. The van der Waals surface area contributed by atoms with Crippen molar-refractivity contribution in [1.29, 1.82) is 0 Å². The number of anilines is 3. The molecule has 1 saturated heterocycles. The summed E-state index contributed by atoms with van der Waals surface area (Å²) in [5.74, 6) is -2.01. The molecule has 8 aromatic heterocycles. The van der Waals surface area contributed by atoms with Gasteiger partial charge in [-0.25, -0.2) is 33.7 Å². The maximum atomic E-state index is 13.7. The summed E-state index contributed by atoms with van der Waals surface area (Å²) in [5.41, 5.74) is 6.26. The summed E-state index contributed by atoms with van der Waals surface area (Å²) < 4.78 is 88.0. The fourth-order valence-corrected chi connectivity index (χ4v) is 11.5. The molecule has 0 spiro atoms. The van der Waals surface area contributed by atoms with E-state index in [-0.39, 0.29) is 18.4 Å². The van der Waals surface area contributed by atoms with Crippen LogP contribution in [0.5, 0.6) is 0 Å². The number of nitrogens with one attached hydrogen (secondary N) is 3. The number of ether oxygens (including phenoxy) is 3. The lowest BCUT2D eigenvalue weighted by atomic mass is 9.77. The van der Waals surface area contributed by atoms with Crippen LogP contribution in [0.2, 0.25) is 0 Å². The molecule has 4 aliphatic heterocycles. The third kappa shape index (κ3) is 17.4. The third-order valence-electron chi connectivity index (χ3n) is 16.8. The Morgan fingerprint density at radius 1 is 0.461 bits per heavy atom. The van der Waals surface area contributed by atoms with Gasteiger partial charge < -0.3 is 53.2 Å². The maximum Gasteiger partial charge on any atom is 0.494 e. The fourth-order valence-electron chi connectivity index (χ4n) is 10.9. The number of halogens is 6. The van der Waals surface area contributed by atoms with Crippen molar-refractivity contribution in [1.82, 2.24) is 69.2 Å². The van der Waals surface area contributed by atoms with Crippen LogP contribution in [-0.4, -0.2) is 125 Å². The first-order valence-corrected chi connectivity index (χ1v) is 33.7. The monoisotopic (exact) mass is 1520 g/mol. The molecule has 0 atom stereocenters. The Kier molecular flexibility index (Phi) is 22.6. The number of carbonyl (C=O) groups excluding carboxylic acids is 3. The first-order valence-electron chi connectivity index (χ1n) is 32.1. The predicted molar refractivity (Wildman–Crippen MR) is 374 cm³/mol. The molecular weight excluding hydrogens is 1450 g/mol. The van der Waals surface area contributed by atoms with Crippen LogP contribution >= 0.6 is 31.9 Å². The van der Waals surface area contributed by atoms with E-state index in [4.69, 9.17) is 23.5 Å². The van der Waals surface area contributed by atoms with Crippen LogP contribution < -0.4 is 21.4 Å². The molecule has 15 rings (SSSR count). The quantitative estimate of drug-likeness (QED) is 0.0823. The summed E-state index contributed by atoms with van der Waals surface area (Å²) in [7, 11) is -0.565. The topological polar surface area (TPSA) is 290 Å². The Morgan fingerprint density at radius 2 is 0.873 bits per heavy atom. The van der Waals surface area contributed by atoms with E-state index in [1.807, 2.05) is 96.0 Å². The van der Waals surface area contributed by atoms with Crippen molar-refractivity contribution in [3.05, 3.63) is 219 Å². The zero-order valence-corrected chi connectivity index (χ0v) is 58.5. The van der Waals surface area contributed by atoms with Crippen LogP contribution in [0.1, 0.15) is 94.7 Å². The Labute approximate surface area is 598 Å². The van der Waals surface area contributed by atoms with E-state index in [0.717, 1.165) is 52.6 Å². The zero-order valence-electron chi connectivity index (χ0n) is 55.3. The number of hydrogen-bond acceptors (Lipinski definition) is 19. The van der Waals surface area contributed by atoms with Crippen molar-refractivity contribution in [3.8, 4) is 45.7 Å². The van der Waals surface area contributed by atoms with Crippen LogP contribution in [-0.2, 0) is 63.0 Å². The Hall–Kier alpha value is -10.2. The molecule has 11 aromatic rings. The second-order valence-electron chi connectivity index (χ2n) is 24.4. The standard InChI is InChI=1S/C24H28BN5O4.C23H18F2N6O2.C18H16BrN5O2.C5H2BrF2N/c1-23(2)24(3,4)34-25(33-23)17-10-9-16-14-32-12-6-11-30-15-26-29-21(30)19-7-5-8-20(27-19)28-22(31)18(16)13-17;24-18-10-16(11-26-21(18)25)14-5-6-15-12-33-8-2-7-31-13-27-30-22(31)19-3-1-4-20(28-19)29-23(32)17(15)9-14;19-13-6-5-12-10-26-8-2-7-24-11-20-23-17(24)15-3-1-4-16(21-15)22-18(25)14(12)9-13;6-3-1-4(7)5(8)9-2-3/h5,7-10,13,15H,6,11-12,14H2,1-4H3,(H,27,28,31);1,3-6,9-11,13H,2,7-8,12H2,(H,28,29,32);1,3-6,9,11H,2,7-8,10H2,(H,21,22,25);1-2H. The molecule has 0 unspecified atom stereocenters. The van der Waals surface area contributed by atoms with Crippen LogP contribution in [0.4, 0.5) is 35.0 Å². The minimum absolute atomic E-state index is 0.210. The number of aromatic nitrogens is 14. The van der Waals surface area contributed by atoms with Crippen molar-refractivity contribution in [2.45, 2.75) is 97.6 Å². The average Bonchev–Trinajstić information content (AvgIpc) is 1.62. The highest BCUT2D eigenvalue weighted by Gasteiger charge is 2.52. The highest BCUT2D eigenvalue weighted by molar-refractivity contribution is 9.10. The normalized spacial score (nSPS) is 15.7. The van der Waals surface area contributed by atoms with E-state index >= 15 is 0 Å². The van der Waals surface area contributed by atoms with Gasteiger partial charge in [0.2, 0.25) is 11.9 Å². The molecule has 3 aromatic carbocycles. The van der Waals surface area contributed by atoms with Gasteiger partial charge in [0.1, 0.15) is 53.5 Å². The molecule has 0 aliphatic carbocycles. The highest BCUT2D eigenvalue weighted by Crippen LogP contribution is 2.37. The molecule has 0 radical (unpaired) electrons. The third-order valence-corrected chi connectivity index (χ3v) is 17.7. The molecule has 4 aliphatic rings. The lowest BCUT2D eigenvalue weighted by Gasteiger charge is -2.32. The molecule has 32 heteroatoms. The lowest BCUT2D eigenvalue weighted by Crippen LogP contribution is -2.41. The lowest BCUT2D eigenvalue weighted by molar-refractivity contribution is 0.00578. The number of amides is 3. The zero-order chi connectivity index (χ0) is 71.5. The molecule has 102 heavy (non-hydrogen) atoms. The van der Waals surface area contributed by atoms with Crippen LogP contribution in [0, 0.1) is 23.5 Å². The molecule has 3 N–H and O–H groups in total. The molecule has 522 valence electrons. The minimum Gasteiger partial charge on any atom is -0.399 e. The fraction of sp³-hybridized carbons (Fsp3) is 0.257. The van der Waals surface area contributed by atoms with Gasteiger partial charge in [0.15, 0.2) is 29.1 Å². The number of nitrogens with zero attached hydrogens (tertiary/aromatic N) is 14. The highest BCUT2D eigenvalue weighted by atomic mass is 79.9. The molecule has 3 amide bonds. The Morgan fingerprint density at radius 3 is 1.31 bits per heavy atom. The van der Waals surface area contributed by atoms with Crippen molar-refractivity contribution < 1.29 is 55.5 Å². The van der Waals surface area contributed by atoms with E-state index in [2.05, 4.69) is 103 Å². The van der Waals surface area contributed by atoms with Crippen LogP contribution in [0.3, 0.4) is 0 Å². The van der Waals surface area contributed by atoms with Gasteiger partial charge in [-0.3, -0.25) is 14.4 Å². The van der Waals surface area contributed by atoms with Crippen molar-refractivity contribution in [3.63, 3.8) is 0 Å². The minimum atomic E-state index is -1.18. The van der Waals surface area contributed by atoms with Gasteiger partial charge in [-0.15, -0.1) is 30.6 Å². The van der Waals surface area contributed by atoms with Gasteiger partial charge >= 0.3 is 7.12 Å². The summed E-state index contributed by atoms with van der Waals surface area (Å²) in [6.07, 6.45) is 9.71. The number of hydrogen-bond donors (Lipinski definition) is 3. The van der Waals surface area contributed by atoms with Gasteiger partial charge in [-0.05, 0) is 163 Å². The van der Waals surface area contributed by atoms with Gasteiger partial charge in [-0.2, -0.15) is 8.78 Å². The summed E-state index contributed by atoms with van der Waals surface area (Å²) in [6.45, 7) is 12.6. The van der Waals surface area contributed by atoms with Crippen LogP contribution in [0.25, 0.3) is 45.7 Å². The predicted octanol–water partition coefficient (Wildman–Crippen LogP) is 12.1. The van der Waals surface area contributed by atoms with E-state index in [0.29, 0.717) is 142 Å². The number of carbonyl (C=O) groups is 3. The number of benzene rings is 3. The van der Waals surface area contributed by atoms with E-state index in [1.165, 1.54) is 12.4 Å². The summed E-state index contributed by atoms with van der Waals surface area (Å²) in [4.78, 5) is 59.5. The molecular formula is C70H64BBr2F4N17O8. The van der Waals surface area contributed by atoms with E-state index in [9.17, 15) is 31.9 Å². The first kappa shape index (κ1) is 71.6. The summed E-state index contributed by atoms with van der Waals surface area (Å²) >= 11 is 6.35. The van der Waals surface area contributed by atoms with Gasteiger partial charge in [0, 0.05) is 83.0 Å². The Bertz CT molecular complexity index is 4860. The van der Waals surface area contributed by atoms with Gasteiger partial charge in [-0.1, -0.05) is 64.5 Å². The second-order valence-corrected chi connectivity index (χ2v) is 26.3. The first-order chi connectivity index (χ1) is 49.2. The Balaban J connectivity index is 0.000000137. The number of pyridine rings is 5. The molecule has 12 heterocycles. The smallest absolute Gasteiger partial charge is 0.399 e. The summed E-state index contributed by atoms with van der Waals surface area (Å²) in [5, 5.41) is 33.1. The molecule has 25 nitrogen and oxygen atoms in total. The van der Waals surface area contributed by atoms with Crippen molar-refractivity contribution in [2.24, 2.45) is 0 Å². The largest absolute Gasteiger partial charge is 0.494 e. The second kappa shape index (κ2) is 32.2. The number of fused-ring (bicyclic) bond motifs is 15. The molecule has 0 saturated carbocycles. The van der Waals surface area contributed by atoms with Gasteiger partial charge in [0.05, 0.1) is 31.0 Å². The number of rotatable bonds is 2. The van der Waals surface area contributed by atoms with Crippen LogP contribution in [0.15, 0.2) is 162 Å². The molecule has 1 fully saturated rings. The van der Waals surface area contributed by atoms with Crippen molar-refractivity contribution in [2.75, 3.05) is 35.8 Å².